The van der Waals surface area contributed by atoms with Gasteiger partial charge in [-0.25, -0.2) is 9.97 Å². The van der Waals surface area contributed by atoms with Crippen LogP contribution in [0, 0.1) is 20.8 Å². The van der Waals surface area contributed by atoms with Gasteiger partial charge in [-0.15, -0.1) is 0 Å². The van der Waals surface area contributed by atoms with Gasteiger partial charge < -0.3 is 9.51 Å². The van der Waals surface area contributed by atoms with Crippen LogP contribution in [0.4, 0.5) is 0 Å². The first kappa shape index (κ1) is 13.7. The van der Waals surface area contributed by atoms with Crippen molar-refractivity contribution in [2.24, 2.45) is 0 Å². The number of nitrogens with zero attached hydrogens (tertiary/aromatic N) is 3. The lowest BCUT2D eigenvalue weighted by Crippen LogP contribution is -1.96. The summed E-state index contributed by atoms with van der Waals surface area (Å²) in [5.41, 5.74) is 5.67. The van der Waals surface area contributed by atoms with Crippen LogP contribution in [-0.2, 0) is 0 Å². The summed E-state index contributed by atoms with van der Waals surface area (Å²) >= 11 is 0. The monoisotopic (exact) mass is 304 g/mol. The van der Waals surface area contributed by atoms with Crippen molar-refractivity contribution in [3.05, 3.63) is 53.5 Å². The zero-order valence-electron chi connectivity index (χ0n) is 13.2. The Labute approximate surface area is 133 Å². The Morgan fingerprint density at radius 1 is 1.00 bits per heavy atom. The number of aryl methyl sites for hydroxylation is 3. The van der Waals surface area contributed by atoms with Crippen molar-refractivity contribution in [1.82, 2.24) is 20.1 Å². The number of H-pyrrole nitrogens is 1. The van der Waals surface area contributed by atoms with Gasteiger partial charge in [0.15, 0.2) is 5.82 Å². The van der Waals surface area contributed by atoms with E-state index in [4.69, 9.17) is 9.51 Å². The minimum atomic E-state index is 0.634. The van der Waals surface area contributed by atoms with Gasteiger partial charge in [0, 0.05) is 17.1 Å². The van der Waals surface area contributed by atoms with Gasteiger partial charge in [0.05, 0.1) is 17.0 Å². The predicted octanol–water partition coefficient (Wildman–Crippen LogP) is 4.21. The van der Waals surface area contributed by atoms with Crippen LogP contribution in [-0.4, -0.2) is 20.1 Å². The van der Waals surface area contributed by atoms with Crippen molar-refractivity contribution in [2.75, 3.05) is 0 Å². The molecule has 4 rings (SSSR count). The Balaban J connectivity index is 2.05. The van der Waals surface area contributed by atoms with E-state index in [1.54, 1.807) is 0 Å². The average Bonchev–Trinajstić information content (AvgIpc) is 3.13. The van der Waals surface area contributed by atoms with Gasteiger partial charge in [-0.2, -0.15) is 0 Å². The lowest BCUT2D eigenvalue weighted by atomic mass is 10.0. The molecule has 3 heterocycles. The van der Waals surface area contributed by atoms with Gasteiger partial charge in [0.1, 0.15) is 11.4 Å². The lowest BCUT2D eigenvalue weighted by molar-refractivity contribution is 0.393. The van der Waals surface area contributed by atoms with E-state index in [0.29, 0.717) is 5.82 Å². The van der Waals surface area contributed by atoms with Crippen molar-refractivity contribution in [1.29, 1.82) is 0 Å². The summed E-state index contributed by atoms with van der Waals surface area (Å²) in [6.07, 6.45) is 1.89. The molecule has 0 amide bonds. The van der Waals surface area contributed by atoms with Crippen LogP contribution in [0.1, 0.15) is 17.0 Å². The zero-order valence-corrected chi connectivity index (χ0v) is 13.2. The van der Waals surface area contributed by atoms with Crippen molar-refractivity contribution >= 4 is 11.0 Å². The summed E-state index contributed by atoms with van der Waals surface area (Å²) in [6, 6.07) is 10.2. The third-order valence-corrected chi connectivity index (χ3v) is 4.07. The first-order valence-electron chi connectivity index (χ1n) is 7.49. The molecule has 0 spiro atoms. The molecule has 0 aliphatic heterocycles. The molecule has 0 bridgehead atoms. The summed E-state index contributed by atoms with van der Waals surface area (Å²) in [4.78, 5) is 12.7. The molecule has 0 radical (unpaired) electrons. The number of hydrogen-bond donors (Lipinski definition) is 1. The van der Waals surface area contributed by atoms with E-state index in [1.165, 1.54) is 5.56 Å². The van der Waals surface area contributed by atoms with Gasteiger partial charge >= 0.3 is 0 Å². The van der Waals surface area contributed by atoms with E-state index in [0.717, 1.165) is 39.3 Å². The van der Waals surface area contributed by atoms with Gasteiger partial charge in [-0.05, 0) is 32.4 Å². The molecule has 0 aliphatic rings. The molecule has 5 nitrogen and oxygen atoms in total. The van der Waals surface area contributed by atoms with Crippen LogP contribution >= 0.6 is 0 Å². The molecular weight excluding hydrogens is 288 g/mol. The molecule has 0 atom stereocenters. The second-order valence-corrected chi connectivity index (χ2v) is 5.65. The van der Waals surface area contributed by atoms with E-state index in [1.807, 2.05) is 38.2 Å². The van der Waals surface area contributed by atoms with E-state index >= 15 is 0 Å². The Morgan fingerprint density at radius 2 is 1.83 bits per heavy atom. The molecule has 114 valence electrons. The molecule has 3 aromatic heterocycles. The number of benzene rings is 1. The Kier molecular flexibility index (Phi) is 3.01. The van der Waals surface area contributed by atoms with E-state index < -0.39 is 0 Å². The molecule has 23 heavy (non-hydrogen) atoms. The molecule has 1 N–H and O–H groups in total. The normalized spacial score (nSPS) is 11.3. The van der Waals surface area contributed by atoms with Crippen LogP contribution in [0.25, 0.3) is 33.7 Å². The van der Waals surface area contributed by atoms with E-state index in [2.05, 4.69) is 34.2 Å². The molecule has 0 saturated heterocycles. The predicted molar refractivity (Wildman–Crippen MR) is 89.0 cm³/mol. The highest BCUT2D eigenvalue weighted by Gasteiger charge is 2.18. The molecule has 0 aliphatic carbocycles. The third-order valence-electron chi connectivity index (χ3n) is 4.07. The second kappa shape index (κ2) is 5.05. The summed E-state index contributed by atoms with van der Waals surface area (Å²) in [6.45, 7) is 5.87. The van der Waals surface area contributed by atoms with E-state index in [9.17, 15) is 0 Å². The van der Waals surface area contributed by atoms with Crippen LogP contribution in [0.5, 0.6) is 0 Å². The SMILES string of the molecule is Cc1ccccc1-c1nc(-c2c(C)noc2C)nc2[nH]ccc12. The second-order valence-electron chi connectivity index (χ2n) is 5.65. The maximum absolute atomic E-state index is 5.27. The molecule has 5 heteroatoms. The van der Waals surface area contributed by atoms with Crippen LogP contribution in [0.2, 0.25) is 0 Å². The fourth-order valence-corrected chi connectivity index (χ4v) is 2.90. The van der Waals surface area contributed by atoms with Gasteiger partial charge in [-0.1, -0.05) is 29.4 Å². The molecule has 0 saturated carbocycles. The van der Waals surface area contributed by atoms with Gasteiger partial charge in [0.2, 0.25) is 0 Å². The highest BCUT2D eigenvalue weighted by atomic mass is 16.5. The number of aromatic amines is 1. The summed E-state index contributed by atoms with van der Waals surface area (Å²) in [7, 11) is 0. The standard InChI is InChI=1S/C18H16N4O/c1-10-6-4-5-7-13(10)16-14-8-9-19-17(14)21-18(20-16)15-11(2)22-23-12(15)3/h4-9H,1-3H3,(H,19,20,21). The molecule has 4 aromatic rings. The van der Waals surface area contributed by atoms with Crippen molar-refractivity contribution in [3.8, 4) is 22.6 Å². The third kappa shape index (κ3) is 2.12. The topological polar surface area (TPSA) is 67.6 Å². The Bertz CT molecular complexity index is 993. The fraction of sp³-hybridized carbons (Fsp3) is 0.167. The maximum atomic E-state index is 5.27. The number of fused-ring (bicyclic) bond motifs is 1. The molecule has 1 aromatic carbocycles. The highest BCUT2D eigenvalue weighted by Crippen LogP contribution is 2.32. The van der Waals surface area contributed by atoms with Crippen LogP contribution < -0.4 is 0 Å². The van der Waals surface area contributed by atoms with Crippen molar-refractivity contribution in [3.63, 3.8) is 0 Å². The van der Waals surface area contributed by atoms with Gasteiger partial charge in [0.25, 0.3) is 0 Å². The number of rotatable bonds is 2. The van der Waals surface area contributed by atoms with Crippen molar-refractivity contribution < 1.29 is 4.52 Å². The Hall–Kier alpha value is -2.95. The van der Waals surface area contributed by atoms with Gasteiger partial charge in [-0.3, -0.25) is 0 Å². The molecule has 0 unspecified atom stereocenters. The van der Waals surface area contributed by atoms with Crippen LogP contribution in [0.15, 0.2) is 41.1 Å². The van der Waals surface area contributed by atoms with E-state index in [-0.39, 0.29) is 0 Å². The smallest absolute Gasteiger partial charge is 0.167 e. The highest BCUT2D eigenvalue weighted by molar-refractivity contribution is 5.93. The number of aromatic nitrogens is 4. The number of nitrogens with one attached hydrogen (secondary N) is 1. The average molecular weight is 304 g/mol. The summed E-state index contributed by atoms with van der Waals surface area (Å²) < 4.78 is 5.27. The fourth-order valence-electron chi connectivity index (χ4n) is 2.90. The largest absolute Gasteiger partial charge is 0.361 e. The summed E-state index contributed by atoms with van der Waals surface area (Å²) in [5, 5.41) is 5.02. The minimum absolute atomic E-state index is 0.634. The minimum Gasteiger partial charge on any atom is -0.361 e. The maximum Gasteiger partial charge on any atom is 0.167 e. The quantitative estimate of drug-likeness (QED) is 0.602. The first-order valence-corrected chi connectivity index (χ1v) is 7.49. The first-order chi connectivity index (χ1) is 11.1. The number of hydrogen-bond acceptors (Lipinski definition) is 4. The zero-order chi connectivity index (χ0) is 16.0. The molecular formula is C18H16N4O. The van der Waals surface area contributed by atoms with Crippen molar-refractivity contribution in [2.45, 2.75) is 20.8 Å². The summed E-state index contributed by atoms with van der Waals surface area (Å²) in [5.74, 6) is 1.36. The lowest BCUT2D eigenvalue weighted by Gasteiger charge is -2.08. The Morgan fingerprint density at radius 3 is 2.57 bits per heavy atom. The van der Waals surface area contributed by atoms with Crippen LogP contribution in [0.3, 0.4) is 0 Å². The molecule has 0 fully saturated rings.